The summed E-state index contributed by atoms with van der Waals surface area (Å²) in [6.07, 6.45) is 1.59. The van der Waals surface area contributed by atoms with Gasteiger partial charge >= 0.3 is 0 Å². The lowest BCUT2D eigenvalue weighted by molar-refractivity contribution is 0.0969. The van der Waals surface area contributed by atoms with E-state index in [0.717, 1.165) is 5.56 Å². The lowest BCUT2D eigenvalue weighted by Crippen LogP contribution is -2.03. The van der Waals surface area contributed by atoms with Crippen LogP contribution in [0.5, 0.6) is 5.75 Å². The molecule has 1 N–H and O–H groups in total. The first-order valence-corrected chi connectivity index (χ1v) is 4.33. The predicted octanol–water partition coefficient (Wildman–Crippen LogP) is 1.86. The van der Waals surface area contributed by atoms with Crippen molar-refractivity contribution >= 4 is 5.91 Å². The summed E-state index contributed by atoms with van der Waals surface area (Å²) in [7, 11) is 0. The molecular formula is C11H7NO2. The van der Waals surface area contributed by atoms with E-state index in [2.05, 4.69) is 0 Å². The van der Waals surface area contributed by atoms with E-state index in [9.17, 15) is 9.90 Å². The minimum atomic E-state index is -0.0732. The van der Waals surface area contributed by atoms with Crippen LogP contribution in [0.1, 0.15) is 10.4 Å². The third-order valence-electron chi connectivity index (χ3n) is 2.50. The van der Waals surface area contributed by atoms with Crippen molar-refractivity contribution in [3.05, 3.63) is 42.1 Å². The Balaban J connectivity index is 2.44. The van der Waals surface area contributed by atoms with Gasteiger partial charge in [-0.3, -0.25) is 9.36 Å². The summed E-state index contributed by atoms with van der Waals surface area (Å²) in [5, 5.41) is 9.56. The molecule has 1 aliphatic rings. The smallest absolute Gasteiger partial charge is 0.263 e. The Bertz CT molecular complexity index is 540. The number of aromatic hydroxyl groups is 1. The van der Waals surface area contributed by atoms with Crippen LogP contribution in [0.2, 0.25) is 0 Å². The number of carbonyl (C=O) groups excluding carboxylic acids is 1. The second-order valence-corrected chi connectivity index (χ2v) is 3.27. The zero-order chi connectivity index (χ0) is 9.71. The second-order valence-electron chi connectivity index (χ2n) is 3.27. The lowest BCUT2D eigenvalue weighted by atomic mass is 10.1. The molecule has 0 fully saturated rings. The summed E-state index contributed by atoms with van der Waals surface area (Å²) >= 11 is 0. The first-order valence-electron chi connectivity index (χ1n) is 4.33. The number of benzene rings is 1. The van der Waals surface area contributed by atoms with Gasteiger partial charge in [0.05, 0.1) is 5.69 Å². The molecule has 0 saturated heterocycles. The van der Waals surface area contributed by atoms with Gasteiger partial charge in [-0.2, -0.15) is 0 Å². The Hall–Kier alpha value is -2.03. The Labute approximate surface area is 80.2 Å². The van der Waals surface area contributed by atoms with E-state index >= 15 is 0 Å². The van der Waals surface area contributed by atoms with E-state index < -0.39 is 0 Å². The predicted molar refractivity (Wildman–Crippen MR) is 51.3 cm³/mol. The van der Waals surface area contributed by atoms with Crippen molar-refractivity contribution in [1.82, 2.24) is 4.57 Å². The van der Waals surface area contributed by atoms with Gasteiger partial charge in [-0.25, -0.2) is 0 Å². The van der Waals surface area contributed by atoms with Crippen molar-refractivity contribution in [2.75, 3.05) is 0 Å². The highest BCUT2D eigenvalue weighted by Crippen LogP contribution is 2.38. The third kappa shape index (κ3) is 0.695. The van der Waals surface area contributed by atoms with Crippen LogP contribution in [-0.2, 0) is 0 Å². The SMILES string of the molecule is O=C1c2ccccc2-c2c(O)ccn21. The summed E-state index contributed by atoms with van der Waals surface area (Å²) < 4.78 is 1.47. The van der Waals surface area contributed by atoms with Gasteiger partial charge in [-0.1, -0.05) is 18.2 Å². The van der Waals surface area contributed by atoms with E-state index in [1.807, 2.05) is 18.2 Å². The Kier molecular flexibility index (Phi) is 1.19. The standard InChI is InChI=1S/C11H7NO2/c13-9-5-6-12-10(9)7-3-1-2-4-8(7)11(12)14/h1-6,13H. The van der Waals surface area contributed by atoms with Gasteiger partial charge in [0.1, 0.15) is 5.75 Å². The fraction of sp³-hybridized carbons (Fsp3) is 0. The molecule has 0 unspecified atom stereocenters. The number of carbonyl (C=O) groups is 1. The molecule has 3 heteroatoms. The second kappa shape index (κ2) is 2.26. The summed E-state index contributed by atoms with van der Waals surface area (Å²) in [6, 6.07) is 8.81. The molecule has 0 bridgehead atoms. The highest BCUT2D eigenvalue weighted by Gasteiger charge is 2.27. The monoisotopic (exact) mass is 185 g/mol. The van der Waals surface area contributed by atoms with Crippen molar-refractivity contribution < 1.29 is 9.90 Å². The number of hydrogen-bond acceptors (Lipinski definition) is 2. The number of nitrogens with zero attached hydrogens (tertiary/aromatic N) is 1. The number of rotatable bonds is 0. The average Bonchev–Trinajstić information content (AvgIpc) is 2.70. The molecule has 0 radical (unpaired) electrons. The summed E-state index contributed by atoms with van der Waals surface area (Å²) in [5.41, 5.74) is 2.06. The number of aromatic nitrogens is 1. The van der Waals surface area contributed by atoms with Crippen LogP contribution >= 0.6 is 0 Å². The molecule has 0 spiro atoms. The van der Waals surface area contributed by atoms with E-state index in [1.165, 1.54) is 10.6 Å². The average molecular weight is 185 g/mol. The summed E-state index contributed by atoms with van der Waals surface area (Å²) in [4.78, 5) is 11.8. The van der Waals surface area contributed by atoms with Crippen molar-refractivity contribution in [3.8, 4) is 17.0 Å². The van der Waals surface area contributed by atoms with Crippen molar-refractivity contribution in [2.24, 2.45) is 0 Å². The maximum Gasteiger partial charge on any atom is 0.263 e. The first kappa shape index (κ1) is 7.38. The van der Waals surface area contributed by atoms with Gasteiger partial charge in [0.15, 0.2) is 0 Å². The molecule has 0 atom stereocenters. The highest BCUT2D eigenvalue weighted by atomic mass is 16.3. The zero-order valence-electron chi connectivity index (χ0n) is 7.27. The first-order chi connectivity index (χ1) is 6.79. The minimum absolute atomic E-state index is 0.0732. The van der Waals surface area contributed by atoms with Crippen LogP contribution in [0.3, 0.4) is 0 Å². The molecule has 0 aliphatic carbocycles. The maximum atomic E-state index is 11.8. The minimum Gasteiger partial charge on any atom is -0.506 e. The van der Waals surface area contributed by atoms with Gasteiger partial charge < -0.3 is 5.11 Å². The summed E-state index contributed by atoms with van der Waals surface area (Å²) in [6.45, 7) is 0. The van der Waals surface area contributed by atoms with Crippen LogP contribution in [0.15, 0.2) is 36.5 Å². The van der Waals surface area contributed by atoms with Crippen LogP contribution in [0.25, 0.3) is 11.3 Å². The number of hydrogen-bond donors (Lipinski definition) is 1. The fourth-order valence-electron chi connectivity index (χ4n) is 1.86. The largest absolute Gasteiger partial charge is 0.506 e. The quantitative estimate of drug-likeness (QED) is 0.580. The van der Waals surface area contributed by atoms with E-state index in [-0.39, 0.29) is 11.7 Å². The van der Waals surface area contributed by atoms with Crippen LogP contribution in [0.4, 0.5) is 0 Å². The van der Waals surface area contributed by atoms with Crippen LogP contribution < -0.4 is 0 Å². The van der Waals surface area contributed by atoms with E-state index in [4.69, 9.17) is 0 Å². The van der Waals surface area contributed by atoms with Crippen molar-refractivity contribution in [1.29, 1.82) is 0 Å². The Morgan fingerprint density at radius 2 is 1.79 bits per heavy atom. The highest BCUT2D eigenvalue weighted by molar-refractivity contribution is 6.09. The topological polar surface area (TPSA) is 42.2 Å². The Morgan fingerprint density at radius 3 is 2.57 bits per heavy atom. The molecule has 1 aliphatic heterocycles. The molecule has 0 amide bonds. The maximum absolute atomic E-state index is 11.8. The fourth-order valence-corrected chi connectivity index (χ4v) is 1.86. The molecule has 1 aromatic carbocycles. The summed E-state index contributed by atoms with van der Waals surface area (Å²) in [5.74, 6) is 0.0826. The normalized spacial score (nSPS) is 12.7. The third-order valence-corrected chi connectivity index (χ3v) is 2.50. The van der Waals surface area contributed by atoms with Gasteiger partial charge in [0.2, 0.25) is 0 Å². The van der Waals surface area contributed by atoms with Gasteiger partial charge in [0, 0.05) is 17.3 Å². The zero-order valence-corrected chi connectivity index (χ0v) is 7.27. The van der Waals surface area contributed by atoms with Gasteiger partial charge in [-0.15, -0.1) is 0 Å². The van der Waals surface area contributed by atoms with Crippen LogP contribution in [-0.4, -0.2) is 15.6 Å². The van der Waals surface area contributed by atoms with Crippen molar-refractivity contribution in [2.45, 2.75) is 0 Å². The molecule has 0 saturated carbocycles. The molecule has 1 aromatic heterocycles. The molecule has 3 nitrogen and oxygen atoms in total. The van der Waals surface area contributed by atoms with Crippen molar-refractivity contribution in [3.63, 3.8) is 0 Å². The molecular weight excluding hydrogens is 178 g/mol. The molecule has 3 rings (SSSR count). The van der Waals surface area contributed by atoms with Gasteiger partial charge in [-0.05, 0) is 12.1 Å². The van der Waals surface area contributed by atoms with Gasteiger partial charge in [0.25, 0.3) is 5.91 Å². The molecule has 14 heavy (non-hydrogen) atoms. The Morgan fingerprint density at radius 1 is 1.07 bits per heavy atom. The molecule has 2 heterocycles. The van der Waals surface area contributed by atoms with E-state index in [0.29, 0.717) is 11.3 Å². The van der Waals surface area contributed by atoms with E-state index in [1.54, 1.807) is 12.3 Å². The molecule has 2 aromatic rings. The van der Waals surface area contributed by atoms with Crippen LogP contribution in [0, 0.1) is 0 Å². The lowest BCUT2D eigenvalue weighted by Gasteiger charge is -1.95. The number of fused-ring (bicyclic) bond motifs is 3. The molecule has 68 valence electrons.